The van der Waals surface area contributed by atoms with Crippen molar-refractivity contribution in [2.45, 2.75) is 95.8 Å². The molecule has 0 spiro atoms. The fourth-order valence-corrected chi connectivity index (χ4v) is 8.46. The van der Waals surface area contributed by atoms with Crippen LogP contribution in [0.25, 0.3) is 0 Å². The van der Waals surface area contributed by atoms with Crippen LogP contribution in [0.3, 0.4) is 0 Å². The molecule has 0 saturated carbocycles. The summed E-state index contributed by atoms with van der Waals surface area (Å²) < 4.78 is 49.0. The van der Waals surface area contributed by atoms with E-state index in [1.165, 1.54) is 32.1 Å². The highest BCUT2D eigenvalue weighted by Gasteiger charge is 2.39. The summed E-state index contributed by atoms with van der Waals surface area (Å²) in [4.78, 5) is 0.326. The lowest BCUT2D eigenvalue weighted by atomic mass is 10.1. The summed E-state index contributed by atoms with van der Waals surface area (Å²) in [5, 5.41) is 0. The van der Waals surface area contributed by atoms with Crippen molar-refractivity contribution in [3.8, 4) is 5.75 Å². The van der Waals surface area contributed by atoms with E-state index in [-0.39, 0.29) is 5.75 Å². The van der Waals surface area contributed by atoms with Gasteiger partial charge in [0.1, 0.15) is 5.75 Å². The smallest absolute Gasteiger partial charge is 0.494 e. The standard InChI is InChI=1S/C30H48O6SSi/c1-5-34-38(35-6-2,36-7-3)25-15-13-11-9-8-10-12-14-24-33-29-20-22-30(23-21-29)37(31,32)26-28-18-16-27(4)17-19-28/h16-23H,5-15,24-26H2,1-4H3. The number of hydrogen-bond acceptors (Lipinski definition) is 6. The van der Waals surface area contributed by atoms with Crippen molar-refractivity contribution in [1.82, 2.24) is 0 Å². The molecule has 0 heterocycles. The van der Waals surface area contributed by atoms with Crippen LogP contribution in [0.4, 0.5) is 0 Å². The summed E-state index contributed by atoms with van der Waals surface area (Å²) in [6, 6.07) is 15.3. The molecule has 0 amide bonds. The summed E-state index contributed by atoms with van der Waals surface area (Å²) in [5.74, 6) is 0.717. The van der Waals surface area contributed by atoms with Gasteiger partial charge in [-0.05, 0) is 70.4 Å². The monoisotopic (exact) mass is 564 g/mol. The second-order valence-electron chi connectivity index (χ2n) is 9.63. The average Bonchev–Trinajstić information content (AvgIpc) is 2.89. The van der Waals surface area contributed by atoms with Gasteiger partial charge >= 0.3 is 8.80 Å². The summed E-state index contributed by atoms with van der Waals surface area (Å²) in [5.41, 5.74) is 1.91. The van der Waals surface area contributed by atoms with E-state index in [4.69, 9.17) is 18.0 Å². The third-order valence-corrected chi connectivity index (χ3v) is 11.3. The molecular weight excluding hydrogens is 516 g/mol. The van der Waals surface area contributed by atoms with Crippen LogP contribution in [-0.4, -0.2) is 43.6 Å². The second kappa shape index (κ2) is 17.8. The van der Waals surface area contributed by atoms with Crippen LogP contribution in [0.2, 0.25) is 6.04 Å². The third kappa shape index (κ3) is 12.0. The van der Waals surface area contributed by atoms with Crippen LogP contribution in [0.5, 0.6) is 5.75 Å². The predicted molar refractivity (Wildman–Crippen MR) is 156 cm³/mol. The third-order valence-electron chi connectivity index (χ3n) is 6.40. The van der Waals surface area contributed by atoms with Crippen molar-refractivity contribution in [3.63, 3.8) is 0 Å². The Morgan fingerprint density at radius 1 is 0.658 bits per heavy atom. The summed E-state index contributed by atoms with van der Waals surface area (Å²) in [6.45, 7) is 10.6. The van der Waals surface area contributed by atoms with Crippen molar-refractivity contribution >= 4 is 18.6 Å². The van der Waals surface area contributed by atoms with E-state index in [9.17, 15) is 8.42 Å². The molecule has 8 heteroatoms. The van der Waals surface area contributed by atoms with Crippen LogP contribution >= 0.6 is 0 Å². The van der Waals surface area contributed by atoms with Gasteiger partial charge < -0.3 is 18.0 Å². The van der Waals surface area contributed by atoms with E-state index in [1.54, 1.807) is 24.3 Å². The van der Waals surface area contributed by atoms with Gasteiger partial charge in [-0.2, -0.15) is 0 Å². The first-order valence-corrected chi connectivity index (χ1v) is 17.9. The molecule has 0 atom stereocenters. The normalized spacial score (nSPS) is 12.1. The number of aryl methyl sites for hydroxylation is 1. The number of unbranched alkanes of at least 4 members (excludes halogenated alkanes) is 7. The molecule has 0 radical (unpaired) electrons. The molecule has 0 aliphatic carbocycles. The van der Waals surface area contributed by atoms with Gasteiger partial charge in [-0.15, -0.1) is 0 Å². The minimum Gasteiger partial charge on any atom is -0.494 e. The molecule has 0 bridgehead atoms. The molecule has 2 aromatic rings. The van der Waals surface area contributed by atoms with Crippen LogP contribution in [0.15, 0.2) is 53.4 Å². The molecule has 0 N–H and O–H groups in total. The van der Waals surface area contributed by atoms with Gasteiger partial charge in [0, 0.05) is 25.9 Å². The summed E-state index contributed by atoms with van der Waals surface area (Å²) in [6.07, 6.45) is 9.31. The molecule has 6 nitrogen and oxygen atoms in total. The quantitative estimate of drug-likeness (QED) is 0.115. The molecule has 0 aliphatic rings. The maximum atomic E-state index is 12.7. The van der Waals surface area contributed by atoms with E-state index in [1.807, 2.05) is 52.0 Å². The lowest BCUT2D eigenvalue weighted by Gasteiger charge is -2.28. The molecule has 2 aromatic carbocycles. The van der Waals surface area contributed by atoms with Gasteiger partial charge in [0.15, 0.2) is 9.84 Å². The Morgan fingerprint density at radius 2 is 1.16 bits per heavy atom. The number of benzene rings is 2. The first kappa shape index (κ1) is 32.5. The van der Waals surface area contributed by atoms with Crippen molar-refractivity contribution in [2.24, 2.45) is 0 Å². The highest BCUT2D eigenvalue weighted by molar-refractivity contribution is 7.90. The Labute approximate surface area is 232 Å². The van der Waals surface area contributed by atoms with E-state index >= 15 is 0 Å². The van der Waals surface area contributed by atoms with Crippen molar-refractivity contribution < 1.29 is 26.4 Å². The second-order valence-corrected chi connectivity index (χ2v) is 14.3. The molecule has 0 aliphatic heterocycles. The topological polar surface area (TPSA) is 71.1 Å². The molecule has 38 heavy (non-hydrogen) atoms. The van der Waals surface area contributed by atoms with E-state index < -0.39 is 18.6 Å². The lowest BCUT2D eigenvalue weighted by molar-refractivity contribution is 0.0706. The molecule has 2 rings (SSSR count). The molecule has 0 fully saturated rings. The summed E-state index contributed by atoms with van der Waals surface area (Å²) in [7, 11) is -5.86. The van der Waals surface area contributed by atoms with Gasteiger partial charge in [-0.1, -0.05) is 68.4 Å². The molecule has 214 valence electrons. The zero-order chi connectivity index (χ0) is 27.7. The Balaban J connectivity index is 1.57. The largest absolute Gasteiger partial charge is 0.500 e. The van der Waals surface area contributed by atoms with Gasteiger partial charge in [0.05, 0.1) is 17.3 Å². The Hall–Kier alpha value is -1.71. The maximum absolute atomic E-state index is 12.7. The fourth-order valence-electron chi connectivity index (χ4n) is 4.43. The van der Waals surface area contributed by atoms with Crippen LogP contribution in [-0.2, 0) is 28.9 Å². The van der Waals surface area contributed by atoms with Crippen molar-refractivity contribution in [2.75, 3.05) is 26.4 Å². The number of ether oxygens (including phenoxy) is 1. The number of sulfone groups is 1. The van der Waals surface area contributed by atoms with Crippen molar-refractivity contribution in [3.05, 3.63) is 59.7 Å². The van der Waals surface area contributed by atoms with Gasteiger partial charge in [-0.3, -0.25) is 0 Å². The Morgan fingerprint density at radius 3 is 1.68 bits per heavy atom. The Kier molecular flexibility index (Phi) is 15.2. The van der Waals surface area contributed by atoms with Gasteiger partial charge in [0.25, 0.3) is 0 Å². The zero-order valence-electron chi connectivity index (χ0n) is 23.9. The SMILES string of the molecule is CCO[Si](CCCCCCCCCCOc1ccc(S(=O)(=O)Cc2ccc(C)cc2)cc1)(OCC)OCC. The number of rotatable bonds is 21. The summed E-state index contributed by atoms with van der Waals surface area (Å²) >= 11 is 0. The highest BCUT2D eigenvalue weighted by Crippen LogP contribution is 2.22. The van der Waals surface area contributed by atoms with E-state index in [0.717, 1.165) is 36.4 Å². The van der Waals surface area contributed by atoms with Gasteiger partial charge in [-0.25, -0.2) is 8.42 Å². The maximum Gasteiger partial charge on any atom is 0.500 e. The fraction of sp³-hybridized carbons (Fsp3) is 0.600. The predicted octanol–water partition coefficient (Wildman–Crippen LogP) is 7.52. The van der Waals surface area contributed by atoms with E-state index in [0.29, 0.717) is 37.1 Å². The van der Waals surface area contributed by atoms with E-state index in [2.05, 4.69) is 0 Å². The van der Waals surface area contributed by atoms with Crippen LogP contribution in [0.1, 0.15) is 83.3 Å². The minimum absolute atomic E-state index is 0.00378. The molecular formula is C30H48O6SSi. The Bertz CT molecular complexity index is 975. The van der Waals surface area contributed by atoms with Crippen molar-refractivity contribution in [1.29, 1.82) is 0 Å². The van der Waals surface area contributed by atoms with Crippen LogP contribution < -0.4 is 4.74 Å². The lowest BCUT2D eigenvalue weighted by Crippen LogP contribution is -2.45. The first-order valence-electron chi connectivity index (χ1n) is 14.3. The molecule has 0 saturated heterocycles. The number of hydrogen-bond donors (Lipinski definition) is 0. The van der Waals surface area contributed by atoms with Crippen LogP contribution in [0, 0.1) is 6.92 Å². The molecule has 0 aromatic heterocycles. The zero-order valence-corrected chi connectivity index (χ0v) is 25.7. The minimum atomic E-state index is -3.37. The first-order chi connectivity index (χ1) is 18.3. The average molecular weight is 565 g/mol. The highest BCUT2D eigenvalue weighted by atomic mass is 32.2. The van der Waals surface area contributed by atoms with Gasteiger partial charge in [0.2, 0.25) is 0 Å². The molecule has 0 unspecified atom stereocenters.